The number of nitrogens with two attached hydrogens (primary N) is 1. The topological polar surface area (TPSA) is 94.8 Å². The smallest absolute Gasteiger partial charge is 0.322 e. The minimum absolute atomic E-state index is 0.0327. The van der Waals surface area contributed by atoms with Gasteiger partial charge in [-0.15, -0.1) is 0 Å². The fourth-order valence-corrected chi connectivity index (χ4v) is 9.32. The van der Waals surface area contributed by atoms with Gasteiger partial charge >= 0.3 is 6.03 Å². The highest BCUT2D eigenvalue weighted by atomic mass is 16.2. The lowest BCUT2D eigenvalue weighted by atomic mass is 9.47. The van der Waals surface area contributed by atoms with Crippen molar-refractivity contribution in [2.24, 2.45) is 40.2 Å². The number of urea groups is 1. The second-order valence-electron chi connectivity index (χ2n) is 14.9. The van der Waals surface area contributed by atoms with Crippen LogP contribution in [0.4, 0.5) is 27.7 Å². The lowest BCUT2D eigenvalue weighted by molar-refractivity contribution is -0.145. The summed E-state index contributed by atoms with van der Waals surface area (Å²) in [6.45, 7) is 10.5. The maximum atomic E-state index is 13.8. The highest BCUT2D eigenvalue weighted by Crippen LogP contribution is 2.60. The van der Waals surface area contributed by atoms with Crippen molar-refractivity contribution < 1.29 is 9.59 Å². The summed E-state index contributed by atoms with van der Waals surface area (Å²) in [4.78, 5) is 37.7. The van der Waals surface area contributed by atoms with Gasteiger partial charge < -0.3 is 20.9 Å². The average molecular weight is 571 g/mol. The van der Waals surface area contributed by atoms with Crippen LogP contribution in [0.5, 0.6) is 0 Å². The van der Waals surface area contributed by atoms with Gasteiger partial charge in [0.15, 0.2) is 0 Å². The van der Waals surface area contributed by atoms with Crippen LogP contribution in [-0.4, -0.2) is 49.1 Å². The van der Waals surface area contributed by atoms with Gasteiger partial charge in [0.1, 0.15) is 5.82 Å². The van der Waals surface area contributed by atoms with E-state index in [0.29, 0.717) is 36.3 Å². The average Bonchev–Trinajstić information content (AvgIpc) is 2.97. The molecule has 2 aliphatic heterocycles. The number of amides is 3. The number of hydrogen-bond acceptors (Lipinski definition) is 5. The van der Waals surface area contributed by atoms with Gasteiger partial charge in [-0.25, -0.2) is 9.78 Å². The molecule has 3 heterocycles. The molecule has 4 aliphatic carbocycles. The van der Waals surface area contributed by atoms with Crippen molar-refractivity contribution in [3.05, 3.63) is 42.6 Å². The zero-order valence-electron chi connectivity index (χ0n) is 25.4. The summed E-state index contributed by atoms with van der Waals surface area (Å²) < 4.78 is 0. The number of benzene rings is 1. The number of para-hydroxylation sites is 2. The van der Waals surface area contributed by atoms with E-state index < -0.39 is 0 Å². The first-order chi connectivity index (χ1) is 20.1. The number of piperidine rings is 1. The summed E-state index contributed by atoms with van der Waals surface area (Å²) >= 11 is 0. The van der Waals surface area contributed by atoms with E-state index in [1.165, 1.54) is 18.5 Å². The molecule has 1 aromatic heterocycles. The van der Waals surface area contributed by atoms with Gasteiger partial charge in [-0.05, 0) is 98.3 Å². The Labute approximate surface area is 250 Å². The van der Waals surface area contributed by atoms with Crippen molar-refractivity contribution in [2.45, 2.75) is 71.8 Å². The lowest BCUT2D eigenvalue weighted by Gasteiger charge is -2.59. The number of nitrogens with one attached hydrogen (secondary N) is 1. The van der Waals surface area contributed by atoms with Gasteiger partial charge in [-0.1, -0.05) is 32.9 Å². The predicted molar refractivity (Wildman–Crippen MR) is 167 cm³/mol. The molecular formula is C34H46N6O2. The molecule has 8 nitrogen and oxygen atoms in total. The Morgan fingerprint density at radius 3 is 2.24 bits per heavy atom. The molecule has 0 radical (unpaired) electrons. The largest absolute Gasteiger partial charge is 0.370 e. The number of pyridine rings is 1. The van der Waals surface area contributed by atoms with Crippen molar-refractivity contribution in [2.75, 3.05) is 40.9 Å². The van der Waals surface area contributed by atoms with Gasteiger partial charge in [0, 0.05) is 37.6 Å². The Bertz CT molecular complexity index is 1330. The van der Waals surface area contributed by atoms with Gasteiger partial charge in [0.25, 0.3) is 0 Å². The third kappa shape index (κ3) is 4.71. The van der Waals surface area contributed by atoms with E-state index in [1.807, 2.05) is 29.3 Å². The number of hydrogen-bond donors (Lipinski definition) is 2. The second-order valence-corrected chi connectivity index (χ2v) is 14.9. The van der Waals surface area contributed by atoms with E-state index in [1.54, 1.807) is 0 Å². The maximum Gasteiger partial charge on any atom is 0.322 e. The van der Waals surface area contributed by atoms with E-state index in [9.17, 15) is 9.59 Å². The Morgan fingerprint density at radius 2 is 1.62 bits per heavy atom. The third-order valence-electron chi connectivity index (χ3n) is 11.4. The Morgan fingerprint density at radius 1 is 0.929 bits per heavy atom. The van der Waals surface area contributed by atoms with E-state index in [0.717, 1.165) is 68.3 Å². The Hall–Kier alpha value is -3.29. The molecule has 1 aromatic carbocycles. The normalized spacial score (nSPS) is 30.8. The summed E-state index contributed by atoms with van der Waals surface area (Å²) in [5, 5.41) is 3.43. The SMILES string of the molecule is CC(C)(C)C1CCN(c2ccc(N3CCN(C(=O)NC4[C@@H]5CC6C[C@H]4CC(C(N)=O)(C6)C5)c4ccccc43)nc2)CC1. The number of primary amides is 1. The Kier molecular flexibility index (Phi) is 6.66. The predicted octanol–water partition coefficient (Wildman–Crippen LogP) is 5.69. The van der Waals surface area contributed by atoms with E-state index in [-0.39, 0.29) is 23.4 Å². The molecule has 3 amide bonds. The van der Waals surface area contributed by atoms with Crippen LogP contribution in [0.1, 0.15) is 65.7 Å². The van der Waals surface area contributed by atoms with Crippen LogP contribution in [0.25, 0.3) is 0 Å². The minimum Gasteiger partial charge on any atom is -0.370 e. The molecule has 3 N–H and O–H groups in total. The zero-order chi connectivity index (χ0) is 29.2. The van der Waals surface area contributed by atoms with Gasteiger partial charge in [-0.2, -0.15) is 0 Å². The van der Waals surface area contributed by atoms with Gasteiger partial charge in [-0.3, -0.25) is 9.69 Å². The second kappa shape index (κ2) is 10.2. The Balaban J connectivity index is 1.04. The van der Waals surface area contributed by atoms with Crippen LogP contribution in [0.3, 0.4) is 0 Å². The summed E-state index contributed by atoms with van der Waals surface area (Å²) in [7, 11) is 0. The van der Waals surface area contributed by atoms with Crippen LogP contribution in [0.2, 0.25) is 0 Å². The molecular weight excluding hydrogens is 524 g/mol. The molecule has 4 saturated carbocycles. The fraction of sp³-hybridized carbons (Fsp3) is 0.618. The van der Waals surface area contributed by atoms with Crippen LogP contribution in [0.15, 0.2) is 42.6 Å². The molecule has 0 spiro atoms. The van der Waals surface area contributed by atoms with Crippen molar-refractivity contribution in [1.29, 1.82) is 0 Å². The number of rotatable bonds is 4. The van der Waals surface area contributed by atoms with Crippen LogP contribution < -0.4 is 25.8 Å². The highest BCUT2D eigenvalue weighted by molar-refractivity contribution is 5.98. The zero-order valence-corrected chi connectivity index (χ0v) is 25.4. The molecule has 1 saturated heterocycles. The summed E-state index contributed by atoms with van der Waals surface area (Å²) in [6, 6.07) is 12.6. The molecule has 42 heavy (non-hydrogen) atoms. The highest BCUT2D eigenvalue weighted by Gasteiger charge is 2.58. The van der Waals surface area contributed by atoms with Crippen molar-refractivity contribution in [3.63, 3.8) is 0 Å². The van der Waals surface area contributed by atoms with E-state index >= 15 is 0 Å². The first kappa shape index (κ1) is 27.5. The molecule has 4 bridgehead atoms. The fourth-order valence-electron chi connectivity index (χ4n) is 9.32. The van der Waals surface area contributed by atoms with Gasteiger partial charge in [0.05, 0.1) is 23.3 Å². The molecule has 5 atom stereocenters. The number of fused-ring (bicyclic) bond motifs is 1. The monoisotopic (exact) mass is 570 g/mol. The molecule has 3 unspecified atom stereocenters. The summed E-state index contributed by atoms with van der Waals surface area (Å²) in [5.41, 5.74) is 9.01. The molecule has 2 aromatic rings. The lowest BCUT2D eigenvalue weighted by Crippen LogP contribution is -2.63. The third-order valence-corrected chi connectivity index (χ3v) is 11.4. The number of nitrogens with zero attached hydrogens (tertiary/aromatic N) is 4. The van der Waals surface area contributed by atoms with Crippen LogP contribution in [-0.2, 0) is 4.79 Å². The van der Waals surface area contributed by atoms with Crippen LogP contribution >= 0.6 is 0 Å². The van der Waals surface area contributed by atoms with E-state index in [4.69, 9.17) is 10.7 Å². The van der Waals surface area contributed by atoms with E-state index in [2.05, 4.69) is 54.1 Å². The standard InChI is InChI=1S/C34H46N6O2/c1-33(2,3)25-10-12-38(13-11-25)26-8-9-29(36-21-26)39-14-15-40(28-7-5-4-6-27(28)39)32(42)37-30-23-16-22-17-24(30)20-34(18-22,19-23)31(35)41/h4-9,21-25,30H,10-20H2,1-3H3,(H2,35,41)(H,37,42)/t22?,23-,24+,30?,34?. The van der Waals surface area contributed by atoms with Crippen molar-refractivity contribution in [1.82, 2.24) is 10.3 Å². The molecule has 224 valence electrons. The van der Waals surface area contributed by atoms with Crippen LogP contribution in [0, 0.1) is 34.5 Å². The molecule has 8 heteroatoms. The van der Waals surface area contributed by atoms with Crippen molar-refractivity contribution in [3.8, 4) is 0 Å². The number of carbonyl (C=O) groups excluding carboxylic acids is 2. The minimum atomic E-state index is -0.346. The summed E-state index contributed by atoms with van der Waals surface area (Å²) in [6.07, 6.45) is 9.22. The van der Waals surface area contributed by atoms with Gasteiger partial charge in [0.2, 0.25) is 5.91 Å². The molecule has 6 aliphatic rings. The number of carbonyl (C=O) groups is 2. The molecule has 5 fully saturated rings. The summed E-state index contributed by atoms with van der Waals surface area (Å²) in [5.74, 6) is 2.79. The van der Waals surface area contributed by atoms with Crippen molar-refractivity contribution >= 4 is 34.8 Å². The quantitative estimate of drug-likeness (QED) is 0.492. The number of aromatic nitrogens is 1. The number of anilines is 4. The first-order valence-electron chi connectivity index (χ1n) is 16.1. The maximum absolute atomic E-state index is 13.8. The first-order valence-corrected chi connectivity index (χ1v) is 16.1. The molecule has 8 rings (SSSR count).